The van der Waals surface area contributed by atoms with E-state index < -0.39 is 17.7 Å². The zero-order valence-electron chi connectivity index (χ0n) is 28.2. The van der Waals surface area contributed by atoms with Crippen LogP contribution in [-0.2, 0) is 17.6 Å². The Morgan fingerprint density at radius 2 is 1.51 bits per heavy atom. The number of anilines is 1. The number of benzene rings is 4. The quantitative estimate of drug-likeness (QED) is 0.109. The maximum absolute atomic E-state index is 13.9. The van der Waals surface area contributed by atoms with Crippen molar-refractivity contribution in [3.8, 4) is 0 Å². The fraction of sp³-hybridized carbons (Fsp3) is 0.250. The molecule has 4 N–H and O–H groups in total. The number of pyridine rings is 1. The monoisotopic (exact) mass is 674 g/mol. The van der Waals surface area contributed by atoms with Gasteiger partial charge in [0.1, 0.15) is 0 Å². The van der Waals surface area contributed by atoms with Gasteiger partial charge in [-0.05, 0) is 97.6 Å². The zero-order valence-corrected chi connectivity index (χ0v) is 29.0. The number of rotatable bonds is 12. The van der Waals surface area contributed by atoms with Gasteiger partial charge in [0.25, 0.3) is 11.8 Å². The molecule has 0 saturated heterocycles. The standard InChI is InChI=1S/C40H42N4O4S/c1-26-32(14-9-15-34(26)42-37(46)22-27-18-20-41-21-19-27)38(47)43-35(25-49-31-17-16-28-10-5-6-11-29(28)23-31)36(45)24-30-12-7-8-13-33(30)39(48)44-40(2,3)4/h5-21,23,35-36,45H,22,24-25H2,1-4H3,(H,42,46)(H,43,47)(H,44,48)/t35-,36+/m0/s1. The van der Waals surface area contributed by atoms with Gasteiger partial charge in [-0.3, -0.25) is 19.4 Å². The number of amides is 3. The van der Waals surface area contributed by atoms with Gasteiger partial charge in [0.2, 0.25) is 5.91 Å². The van der Waals surface area contributed by atoms with Gasteiger partial charge in [-0.15, -0.1) is 11.8 Å². The van der Waals surface area contributed by atoms with E-state index in [2.05, 4.69) is 45.2 Å². The molecule has 9 heteroatoms. The van der Waals surface area contributed by atoms with Crippen LogP contribution in [0.5, 0.6) is 0 Å². The number of aliphatic hydroxyl groups excluding tert-OH is 1. The number of hydrogen-bond acceptors (Lipinski definition) is 6. The van der Waals surface area contributed by atoms with Crippen LogP contribution in [0.1, 0.15) is 58.2 Å². The summed E-state index contributed by atoms with van der Waals surface area (Å²) in [6, 6.07) is 29.6. The fourth-order valence-corrected chi connectivity index (χ4v) is 6.58. The maximum atomic E-state index is 13.9. The molecule has 3 amide bonds. The third kappa shape index (κ3) is 9.78. The lowest BCUT2D eigenvalue weighted by atomic mass is 9.96. The Balaban J connectivity index is 1.36. The Morgan fingerprint density at radius 3 is 2.27 bits per heavy atom. The summed E-state index contributed by atoms with van der Waals surface area (Å²) in [7, 11) is 0. The average molecular weight is 675 g/mol. The molecule has 0 fully saturated rings. The molecule has 0 aliphatic heterocycles. The Kier molecular flexibility index (Phi) is 11.5. The predicted octanol–water partition coefficient (Wildman–Crippen LogP) is 6.75. The summed E-state index contributed by atoms with van der Waals surface area (Å²) in [5.74, 6) is -0.422. The van der Waals surface area contributed by atoms with Gasteiger partial charge in [0.15, 0.2) is 0 Å². The molecule has 1 aromatic heterocycles. The topological polar surface area (TPSA) is 120 Å². The highest BCUT2D eigenvalue weighted by atomic mass is 32.2. The molecular formula is C40H42N4O4S. The SMILES string of the molecule is Cc1c(NC(=O)Cc2ccncc2)cccc1C(=O)N[C@@H](CSc1ccc2ccccc2c1)[C@H](O)Cc1ccccc1C(=O)NC(C)(C)C. The van der Waals surface area contributed by atoms with Crippen LogP contribution < -0.4 is 16.0 Å². The molecule has 0 saturated carbocycles. The van der Waals surface area contributed by atoms with Crippen LogP contribution in [0.3, 0.4) is 0 Å². The van der Waals surface area contributed by atoms with E-state index in [4.69, 9.17) is 0 Å². The Morgan fingerprint density at radius 1 is 0.816 bits per heavy atom. The van der Waals surface area contributed by atoms with Crippen LogP contribution >= 0.6 is 11.8 Å². The van der Waals surface area contributed by atoms with Crippen molar-refractivity contribution in [1.82, 2.24) is 15.6 Å². The van der Waals surface area contributed by atoms with Crippen molar-refractivity contribution < 1.29 is 19.5 Å². The molecule has 49 heavy (non-hydrogen) atoms. The molecule has 5 aromatic rings. The van der Waals surface area contributed by atoms with E-state index in [9.17, 15) is 19.5 Å². The number of nitrogens with zero attached hydrogens (tertiary/aromatic N) is 1. The van der Waals surface area contributed by atoms with Crippen LogP contribution in [0.4, 0.5) is 5.69 Å². The number of aliphatic hydroxyl groups is 1. The summed E-state index contributed by atoms with van der Waals surface area (Å²) in [5.41, 5.74) is 3.10. The lowest BCUT2D eigenvalue weighted by molar-refractivity contribution is -0.115. The largest absolute Gasteiger partial charge is 0.391 e. The Hall–Kier alpha value is -4.99. The summed E-state index contributed by atoms with van der Waals surface area (Å²) in [6.45, 7) is 7.54. The van der Waals surface area contributed by atoms with Gasteiger partial charge in [-0.2, -0.15) is 0 Å². The molecular weight excluding hydrogens is 633 g/mol. The van der Waals surface area contributed by atoms with Crippen LogP contribution in [-0.4, -0.2) is 51.2 Å². The molecule has 0 unspecified atom stereocenters. The van der Waals surface area contributed by atoms with E-state index in [0.717, 1.165) is 21.2 Å². The highest BCUT2D eigenvalue weighted by Crippen LogP contribution is 2.26. The van der Waals surface area contributed by atoms with E-state index in [1.807, 2.05) is 51.1 Å². The van der Waals surface area contributed by atoms with Gasteiger partial charge in [0.05, 0.1) is 18.6 Å². The van der Waals surface area contributed by atoms with E-state index >= 15 is 0 Å². The zero-order chi connectivity index (χ0) is 35.0. The Bertz CT molecular complexity index is 1940. The lowest BCUT2D eigenvalue weighted by Gasteiger charge is -2.26. The van der Waals surface area contributed by atoms with Crippen molar-refractivity contribution in [3.05, 3.63) is 137 Å². The molecule has 2 atom stereocenters. The van der Waals surface area contributed by atoms with E-state index in [0.29, 0.717) is 33.7 Å². The first-order valence-electron chi connectivity index (χ1n) is 16.3. The van der Waals surface area contributed by atoms with E-state index in [1.165, 1.54) is 11.8 Å². The van der Waals surface area contributed by atoms with Crippen molar-refractivity contribution in [3.63, 3.8) is 0 Å². The molecule has 8 nitrogen and oxygen atoms in total. The summed E-state index contributed by atoms with van der Waals surface area (Å²) >= 11 is 1.54. The molecule has 252 valence electrons. The average Bonchev–Trinajstić information content (AvgIpc) is 3.07. The summed E-state index contributed by atoms with van der Waals surface area (Å²) in [4.78, 5) is 44.8. The number of hydrogen-bond donors (Lipinski definition) is 4. The van der Waals surface area contributed by atoms with Crippen molar-refractivity contribution in [1.29, 1.82) is 0 Å². The first kappa shape index (κ1) is 35.3. The molecule has 0 spiro atoms. The normalized spacial score (nSPS) is 12.6. The molecule has 1 heterocycles. The molecule has 0 aliphatic carbocycles. The van der Waals surface area contributed by atoms with Gasteiger partial charge in [0, 0.05) is 51.8 Å². The second kappa shape index (κ2) is 15.9. The highest BCUT2D eigenvalue weighted by Gasteiger charge is 2.26. The second-order valence-electron chi connectivity index (χ2n) is 13.1. The first-order chi connectivity index (χ1) is 23.5. The van der Waals surface area contributed by atoms with Crippen LogP contribution in [0, 0.1) is 6.92 Å². The van der Waals surface area contributed by atoms with Gasteiger partial charge >= 0.3 is 0 Å². The number of carbonyl (C=O) groups is 3. The van der Waals surface area contributed by atoms with Crippen LogP contribution in [0.2, 0.25) is 0 Å². The third-order valence-electron chi connectivity index (χ3n) is 8.08. The summed E-state index contributed by atoms with van der Waals surface area (Å²) in [5, 5.41) is 23.0. The number of thioether (sulfide) groups is 1. The molecule has 0 bridgehead atoms. The smallest absolute Gasteiger partial charge is 0.251 e. The third-order valence-corrected chi connectivity index (χ3v) is 9.19. The Labute approximate surface area is 291 Å². The number of nitrogens with one attached hydrogen (secondary N) is 3. The number of aromatic nitrogens is 1. The van der Waals surface area contributed by atoms with Crippen molar-refractivity contribution in [2.24, 2.45) is 0 Å². The minimum absolute atomic E-state index is 0.154. The summed E-state index contributed by atoms with van der Waals surface area (Å²) in [6.07, 6.45) is 2.60. The van der Waals surface area contributed by atoms with Gasteiger partial charge < -0.3 is 21.1 Å². The predicted molar refractivity (Wildman–Crippen MR) is 197 cm³/mol. The summed E-state index contributed by atoms with van der Waals surface area (Å²) < 4.78 is 0. The molecule has 0 radical (unpaired) electrons. The fourth-order valence-electron chi connectivity index (χ4n) is 5.53. The lowest BCUT2D eigenvalue weighted by Crippen LogP contribution is -2.46. The number of carbonyl (C=O) groups excluding carboxylic acids is 3. The van der Waals surface area contributed by atoms with Crippen molar-refractivity contribution >= 4 is 45.9 Å². The maximum Gasteiger partial charge on any atom is 0.251 e. The first-order valence-corrected chi connectivity index (χ1v) is 17.2. The minimum Gasteiger partial charge on any atom is -0.391 e. The molecule has 4 aromatic carbocycles. The number of fused-ring (bicyclic) bond motifs is 1. The molecule has 5 rings (SSSR count). The van der Waals surface area contributed by atoms with Crippen molar-refractivity contribution in [2.75, 3.05) is 11.1 Å². The van der Waals surface area contributed by atoms with Gasteiger partial charge in [-0.1, -0.05) is 54.6 Å². The van der Waals surface area contributed by atoms with Crippen LogP contribution in [0.15, 0.2) is 114 Å². The van der Waals surface area contributed by atoms with Gasteiger partial charge in [-0.25, -0.2) is 0 Å². The molecule has 0 aliphatic rings. The van der Waals surface area contributed by atoms with Crippen LogP contribution in [0.25, 0.3) is 10.8 Å². The van der Waals surface area contributed by atoms with E-state index in [1.54, 1.807) is 61.8 Å². The minimum atomic E-state index is -1.01. The van der Waals surface area contributed by atoms with Crippen molar-refractivity contribution in [2.45, 2.75) is 63.1 Å². The highest BCUT2D eigenvalue weighted by molar-refractivity contribution is 7.99. The second-order valence-corrected chi connectivity index (χ2v) is 14.2. The van der Waals surface area contributed by atoms with E-state index in [-0.39, 0.29) is 30.6 Å².